The Morgan fingerprint density at radius 2 is 1.55 bits per heavy atom. The molecule has 0 aliphatic heterocycles. The lowest BCUT2D eigenvalue weighted by atomic mass is 10.6. The molecule has 5 heteroatoms. The normalized spacial score (nSPS) is 11.6. The van der Waals surface area contributed by atoms with Gasteiger partial charge in [-0.2, -0.15) is 13.2 Å². The van der Waals surface area contributed by atoms with Crippen LogP contribution in [0.2, 0.25) is 0 Å². The number of hydrogen-bond donors (Lipinski definition) is 0. The first kappa shape index (κ1) is 13.7. The number of halogens is 5. The molecule has 0 unspecified atom stereocenters. The summed E-state index contributed by atoms with van der Waals surface area (Å²) in [6.45, 7) is 3.86. The Morgan fingerprint density at radius 1 is 1.27 bits per heavy atom. The Labute approximate surface area is 74.0 Å². The van der Waals surface area contributed by atoms with Crippen LogP contribution < -0.4 is 0 Å². The van der Waals surface area contributed by atoms with E-state index in [-0.39, 0.29) is 6.08 Å². The molecule has 0 saturated heterocycles. The van der Waals surface area contributed by atoms with Crippen LogP contribution in [-0.2, 0) is 0 Å². The van der Waals surface area contributed by atoms with Crippen LogP contribution in [0, 0.1) is 0 Å². The predicted octanol–water partition coefficient (Wildman–Crippen LogP) is 3.93. The van der Waals surface area contributed by atoms with Crippen molar-refractivity contribution in [2.24, 2.45) is 0 Å². The highest BCUT2D eigenvalue weighted by atomic mass is 35.5. The number of alkyl halides is 4. The summed E-state index contributed by atoms with van der Waals surface area (Å²) in [6, 6.07) is 0. The molecule has 0 fully saturated rings. The van der Waals surface area contributed by atoms with E-state index in [9.17, 15) is 13.2 Å². The van der Waals surface area contributed by atoms with Gasteiger partial charge in [-0.25, -0.2) is 0 Å². The predicted molar refractivity (Wildman–Crippen MR) is 42.0 cm³/mol. The third-order valence-electron chi connectivity index (χ3n) is 0.252. The molecule has 0 nitrogen and oxygen atoms in total. The van der Waals surface area contributed by atoms with Gasteiger partial charge in [0.25, 0.3) is 0 Å². The van der Waals surface area contributed by atoms with Crippen LogP contribution in [0.3, 0.4) is 0 Å². The lowest BCUT2D eigenvalue weighted by molar-refractivity contribution is -0.0796. The average Bonchev–Trinajstić information content (AvgIpc) is 1.58. The third kappa shape index (κ3) is 39.4. The van der Waals surface area contributed by atoms with Crippen molar-refractivity contribution in [3.8, 4) is 0 Å². The lowest BCUT2D eigenvalue weighted by Gasteiger charge is -1.92. The zero-order valence-corrected chi connectivity index (χ0v) is 7.63. The molecule has 0 saturated carbocycles. The molecule has 0 aromatic heterocycles. The minimum Gasteiger partial charge on any atom is -0.167 e. The van der Waals surface area contributed by atoms with E-state index in [1.165, 1.54) is 0 Å². The second-order valence-corrected chi connectivity index (χ2v) is 2.97. The maximum atomic E-state index is 10.9. The Morgan fingerprint density at radius 3 is 1.55 bits per heavy atom. The molecule has 0 aliphatic carbocycles. The van der Waals surface area contributed by atoms with Crippen molar-refractivity contribution in [1.29, 1.82) is 0 Å². The van der Waals surface area contributed by atoms with E-state index in [0.717, 1.165) is 0 Å². The zero-order chi connectivity index (χ0) is 9.49. The highest BCUT2D eigenvalue weighted by Crippen LogP contribution is 2.15. The molecule has 0 bridgehead atoms. The Kier molecular flexibility index (Phi) is 8.46. The Hall–Kier alpha value is 0.110. The molecular weight excluding hydrogens is 200 g/mol. The van der Waals surface area contributed by atoms with Crippen molar-refractivity contribution in [3.63, 3.8) is 0 Å². The molecule has 0 N–H and O–H groups in total. The average molecular weight is 209 g/mol. The van der Waals surface area contributed by atoms with Crippen molar-refractivity contribution in [1.82, 2.24) is 0 Å². The van der Waals surface area contributed by atoms with Gasteiger partial charge in [-0.05, 0) is 13.8 Å². The monoisotopic (exact) mass is 208 g/mol. The fraction of sp³-hybridized carbons (Fsp3) is 0.667. The maximum absolute atomic E-state index is 10.9. The largest absolute Gasteiger partial charge is 0.410 e. The summed E-state index contributed by atoms with van der Waals surface area (Å²) in [5.41, 5.74) is 0.431. The van der Waals surface area contributed by atoms with E-state index < -0.39 is 6.18 Å². The van der Waals surface area contributed by atoms with Crippen molar-refractivity contribution in [3.05, 3.63) is 11.6 Å². The van der Waals surface area contributed by atoms with Gasteiger partial charge in [0.05, 0.1) is 0 Å². The smallest absolute Gasteiger partial charge is 0.167 e. The van der Waals surface area contributed by atoms with Gasteiger partial charge < -0.3 is 0 Å². The first-order valence-electron chi connectivity index (χ1n) is 2.78. The molecule has 0 amide bonds. The maximum Gasteiger partial charge on any atom is 0.410 e. The highest BCUT2D eigenvalue weighted by molar-refractivity contribution is 6.25. The van der Waals surface area contributed by atoms with E-state index >= 15 is 0 Å². The van der Waals surface area contributed by atoms with Crippen molar-refractivity contribution < 1.29 is 13.2 Å². The van der Waals surface area contributed by atoms with Gasteiger partial charge in [-0.1, -0.05) is 11.6 Å². The molecule has 0 atom stereocenters. The summed E-state index contributed by atoms with van der Waals surface area (Å²) >= 11 is 9.86. The summed E-state index contributed by atoms with van der Waals surface area (Å²) in [4.78, 5) is 0. The van der Waals surface area contributed by atoms with Gasteiger partial charge in [0.2, 0.25) is 0 Å². The van der Waals surface area contributed by atoms with Crippen LogP contribution in [0.15, 0.2) is 11.6 Å². The van der Waals surface area contributed by atoms with Crippen LogP contribution in [0.1, 0.15) is 13.8 Å². The molecule has 0 heterocycles. The van der Waals surface area contributed by atoms with E-state index in [1.54, 1.807) is 0 Å². The summed E-state index contributed by atoms with van der Waals surface area (Å²) in [5, 5.41) is 0.306. The molecule has 0 radical (unpaired) electrons. The van der Waals surface area contributed by atoms with Crippen LogP contribution >= 0.6 is 23.2 Å². The van der Waals surface area contributed by atoms with Gasteiger partial charge in [0, 0.05) is 17.0 Å². The van der Waals surface area contributed by atoms with Gasteiger partial charge in [0.15, 0.2) is 0 Å². The molecule has 0 rings (SSSR count). The standard InChI is InChI=1S/C3H2ClF3.C3H7Cl/c4-2-1-3(5,6)7;1-3(2)4/h1-2H;3H,1-2H3/b2-1+;. The van der Waals surface area contributed by atoms with Crippen molar-refractivity contribution >= 4 is 23.2 Å². The first-order chi connectivity index (χ1) is 4.79. The SMILES string of the molecule is CC(C)Cl.FC(F)(F)/C=C/Cl. The Bertz CT molecular complexity index is 104. The number of hydrogen-bond acceptors (Lipinski definition) is 0. The van der Waals surface area contributed by atoms with Gasteiger partial charge in [-0.3, -0.25) is 0 Å². The summed E-state index contributed by atoms with van der Waals surface area (Å²) in [5.74, 6) is 0. The van der Waals surface area contributed by atoms with Crippen LogP contribution in [0.4, 0.5) is 13.2 Å². The quantitative estimate of drug-likeness (QED) is 0.530. The molecule has 0 aliphatic rings. The Balaban J connectivity index is 0. The molecule has 0 aromatic carbocycles. The molecule has 0 aromatic rings. The minimum absolute atomic E-state index is 0.0471. The van der Waals surface area contributed by atoms with Crippen molar-refractivity contribution in [2.45, 2.75) is 25.4 Å². The summed E-state index contributed by atoms with van der Waals surface area (Å²) < 4.78 is 32.7. The fourth-order valence-corrected chi connectivity index (χ4v) is 0.214. The number of allylic oxidation sites excluding steroid dienone is 1. The van der Waals surface area contributed by atoms with E-state index in [0.29, 0.717) is 10.9 Å². The fourth-order valence-electron chi connectivity index (χ4n) is 0.0714. The van der Waals surface area contributed by atoms with Crippen LogP contribution in [0.5, 0.6) is 0 Å². The molecule has 68 valence electrons. The van der Waals surface area contributed by atoms with Crippen LogP contribution in [0.25, 0.3) is 0 Å². The highest BCUT2D eigenvalue weighted by Gasteiger charge is 2.21. The molecule has 11 heavy (non-hydrogen) atoms. The van der Waals surface area contributed by atoms with E-state index in [4.69, 9.17) is 11.6 Å². The van der Waals surface area contributed by atoms with Crippen molar-refractivity contribution in [2.75, 3.05) is 0 Å². The van der Waals surface area contributed by atoms with E-state index in [1.807, 2.05) is 13.8 Å². The minimum atomic E-state index is -4.26. The zero-order valence-electron chi connectivity index (χ0n) is 6.12. The number of rotatable bonds is 0. The topological polar surface area (TPSA) is 0 Å². The molecular formula is C6H9Cl2F3. The van der Waals surface area contributed by atoms with Gasteiger partial charge in [0.1, 0.15) is 0 Å². The first-order valence-corrected chi connectivity index (χ1v) is 3.65. The lowest BCUT2D eigenvalue weighted by Crippen LogP contribution is -1.99. The summed E-state index contributed by atoms with van der Waals surface area (Å²) in [6.07, 6.45) is -4.31. The second-order valence-electron chi connectivity index (χ2n) is 1.85. The van der Waals surface area contributed by atoms with Gasteiger partial charge in [-0.15, -0.1) is 11.6 Å². The second kappa shape index (κ2) is 6.80. The third-order valence-corrected chi connectivity index (χ3v) is 0.378. The summed E-state index contributed by atoms with van der Waals surface area (Å²) in [7, 11) is 0. The molecule has 0 spiro atoms. The van der Waals surface area contributed by atoms with Gasteiger partial charge >= 0.3 is 6.18 Å². The van der Waals surface area contributed by atoms with E-state index in [2.05, 4.69) is 11.6 Å². The van der Waals surface area contributed by atoms with Crippen LogP contribution in [-0.4, -0.2) is 11.6 Å².